The Bertz CT molecular complexity index is 1400. The zero-order valence-electron chi connectivity index (χ0n) is 16.1. The van der Waals surface area contributed by atoms with Crippen LogP contribution in [0.4, 0.5) is 0 Å². The molecule has 29 heavy (non-hydrogen) atoms. The minimum absolute atomic E-state index is 0.267. The molecule has 0 saturated carbocycles. The fourth-order valence-electron chi connectivity index (χ4n) is 5.04. The molecule has 0 spiro atoms. The van der Waals surface area contributed by atoms with Crippen LogP contribution in [0.5, 0.6) is 5.75 Å². The first-order valence-electron chi connectivity index (χ1n) is 10.3. The molecule has 0 bridgehead atoms. The van der Waals surface area contributed by atoms with E-state index >= 15 is 0 Å². The lowest BCUT2D eigenvalue weighted by molar-refractivity contribution is 0.476. The third kappa shape index (κ3) is 2.60. The number of pyridine rings is 1. The molecular formula is C27H21NO. The van der Waals surface area contributed by atoms with E-state index in [0.717, 1.165) is 29.4 Å². The molecule has 0 amide bonds. The molecule has 0 aliphatic heterocycles. The number of phenolic OH excluding ortho intramolecular Hbond substituents is 1. The van der Waals surface area contributed by atoms with Crippen LogP contribution in [-0.4, -0.2) is 10.1 Å². The highest BCUT2D eigenvalue weighted by Gasteiger charge is 2.25. The predicted molar refractivity (Wildman–Crippen MR) is 120 cm³/mol. The van der Waals surface area contributed by atoms with Crippen molar-refractivity contribution in [3.8, 4) is 5.75 Å². The number of hydrogen-bond donors (Lipinski definition) is 1. The summed E-state index contributed by atoms with van der Waals surface area (Å²) in [5, 5.41) is 16.2. The number of nitrogens with zero attached hydrogens (tertiary/aromatic N) is 1. The van der Waals surface area contributed by atoms with Gasteiger partial charge in [0.1, 0.15) is 5.75 Å². The van der Waals surface area contributed by atoms with Gasteiger partial charge in [-0.3, -0.25) is 4.98 Å². The van der Waals surface area contributed by atoms with Gasteiger partial charge in [0.05, 0.1) is 5.52 Å². The second-order valence-corrected chi connectivity index (χ2v) is 8.08. The molecular weight excluding hydrogens is 354 g/mol. The maximum absolute atomic E-state index is 9.89. The van der Waals surface area contributed by atoms with Crippen LogP contribution in [0, 0.1) is 0 Å². The van der Waals surface area contributed by atoms with E-state index in [4.69, 9.17) is 4.98 Å². The van der Waals surface area contributed by atoms with Crippen LogP contribution in [0.3, 0.4) is 0 Å². The number of aryl methyl sites for hydroxylation is 1. The van der Waals surface area contributed by atoms with E-state index in [2.05, 4.69) is 60.7 Å². The summed E-state index contributed by atoms with van der Waals surface area (Å²) in [7, 11) is 0. The van der Waals surface area contributed by atoms with Crippen LogP contribution >= 0.6 is 0 Å². The molecule has 140 valence electrons. The van der Waals surface area contributed by atoms with Gasteiger partial charge in [-0.05, 0) is 70.1 Å². The van der Waals surface area contributed by atoms with Gasteiger partial charge in [0.15, 0.2) is 0 Å². The zero-order valence-corrected chi connectivity index (χ0v) is 16.1. The van der Waals surface area contributed by atoms with Gasteiger partial charge in [-0.25, -0.2) is 0 Å². The topological polar surface area (TPSA) is 33.1 Å². The molecule has 0 radical (unpaired) electrons. The highest BCUT2D eigenvalue weighted by molar-refractivity contribution is 6.09. The minimum Gasteiger partial charge on any atom is -0.508 e. The van der Waals surface area contributed by atoms with E-state index < -0.39 is 0 Å². The lowest BCUT2D eigenvalue weighted by Gasteiger charge is -2.27. The number of fused-ring (bicyclic) bond motifs is 6. The highest BCUT2D eigenvalue weighted by Crippen LogP contribution is 2.42. The third-order valence-corrected chi connectivity index (χ3v) is 6.40. The van der Waals surface area contributed by atoms with Crippen LogP contribution in [0.15, 0.2) is 78.9 Å². The Hall–Kier alpha value is -3.39. The molecule has 1 aliphatic rings. The molecule has 0 fully saturated rings. The second kappa shape index (κ2) is 6.31. The quantitative estimate of drug-likeness (QED) is 0.330. The fourth-order valence-corrected chi connectivity index (χ4v) is 5.04. The summed E-state index contributed by atoms with van der Waals surface area (Å²) < 4.78 is 0. The van der Waals surface area contributed by atoms with Crippen molar-refractivity contribution in [2.75, 3.05) is 0 Å². The number of hydrogen-bond acceptors (Lipinski definition) is 2. The fraction of sp³-hybridized carbons (Fsp3) is 0.148. The van der Waals surface area contributed by atoms with Crippen molar-refractivity contribution < 1.29 is 5.11 Å². The van der Waals surface area contributed by atoms with Crippen LogP contribution in [0.2, 0.25) is 0 Å². The first kappa shape index (κ1) is 16.6. The summed E-state index contributed by atoms with van der Waals surface area (Å²) in [5.74, 6) is 0.554. The first-order chi connectivity index (χ1) is 14.3. The van der Waals surface area contributed by atoms with E-state index in [0.29, 0.717) is 0 Å². The number of aromatic hydroxyl groups is 1. The lowest BCUT2D eigenvalue weighted by Crippen LogP contribution is -2.13. The van der Waals surface area contributed by atoms with Gasteiger partial charge in [0.2, 0.25) is 0 Å². The smallest absolute Gasteiger partial charge is 0.117 e. The van der Waals surface area contributed by atoms with Crippen LogP contribution < -0.4 is 0 Å². The van der Waals surface area contributed by atoms with E-state index in [9.17, 15) is 5.11 Å². The van der Waals surface area contributed by atoms with Gasteiger partial charge in [-0.2, -0.15) is 0 Å². The SMILES string of the molecule is Oc1ccc2ccc(C3CCCc4ccc5c(ccc6ccccc65)c43)nc2c1. The molecule has 5 aromatic rings. The minimum atomic E-state index is 0.267. The summed E-state index contributed by atoms with van der Waals surface area (Å²) in [4.78, 5) is 4.97. The second-order valence-electron chi connectivity index (χ2n) is 8.08. The van der Waals surface area contributed by atoms with Gasteiger partial charge in [0.25, 0.3) is 0 Å². The molecule has 4 aromatic carbocycles. The molecule has 2 heteroatoms. The summed E-state index contributed by atoms with van der Waals surface area (Å²) in [6.07, 6.45) is 3.41. The lowest BCUT2D eigenvalue weighted by atomic mass is 9.77. The molecule has 1 N–H and O–H groups in total. The number of phenols is 1. The normalized spacial score (nSPS) is 16.3. The maximum Gasteiger partial charge on any atom is 0.117 e. The summed E-state index contributed by atoms with van der Waals surface area (Å²) in [6.45, 7) is 0. The van der Waals surface area contributed by atoms with Crippen molar-refractivity contribution in [1.82, 2.24) is 4.98 Å². The van der Waals surface area contributed by atoms with Crippen molar-refractivity contribution in [2.24, 2.45) is 0 Å². The van der Waals surface area contributed by atoms with Gasteiger partial charge in [-0.1, -0.05) is 54.6 Å². The van der Waals surface area contributed by atoms with Crippen LogP contribution in [0.25, 0.3) is 32.4 Å². The van der Waals surface area contributed by atoms with Gasteiger partial charge < -0.3 is 5.11 Å². The molecule has 1 heterocycles. The van der Waals surface area contributed by atoms with E-state index in [1.54, 1.807) is 12.1 Å². The van der Waals surface area contributed by atoms with Crippen LogP contribution in [-0.2, 0) is 6.42 Å². The number of rotatable bonds is 1. The number of benzene rings is 4. The standard InChI is InChI=1S/C27H21NO/c29-20-12-8-18-11-15-25(28-26(18)16-20)24-7-3-5-19-10-13-22-21-6-2-1-4-17(21)9-14-23(22)27(19)24/h1-2,4,6,8-16,24,29H,3,5,7H2. The van der Waals surface area contributed by atoms with Gasteiger partial charge in [-0.15, -0.1) is 0 Å². The Morgan fingerprint density at radius 2 is 1.59 bits per heavy atom. The van der Waals surface area contributed by atoms with Crippen molar-refractivity contribution >= 4 is 32.4 Å². The molecule has 1 aliphatic carbocycles. The molecule has 1 unspecified atom stereocenters. The van der Waals surface area contributed by atoms with Crippen molar-refractivity contribution in [3.63, 3.8) is 0 Å². The molecule has 0 saturated heterocycles. The largest absolute Gasteiger partial charge is 0.508 e. The Morgan fingerprint density at radius 1 is 0.759 bits per heavy atom. The monoisotopic (exact) mass is 375 g/mol. The maximum atomic E-state index is 9.89. The highest BCUT2D eigenvalue weighted by atomic mass is 16.3. The van der Waals surface area contributed by atoms with Crippen molar-refractivity contribution in [3.05, 3.63) is 95.7 Å². The van der Waals surface area contributed by atoms with E-state index in [1.807, 2.05) is 6.07 Å². The first-order valence-corrected chi connectivity index (χ1v) is 10.3. The van der Waals surface area contributed by atoms with Gasteiger partial charge >= 0.3 is 0 Å². The Kier molecular flexibility index (Phi) is 3.60. The average molecular weight is 375 g/mol. The Morgan fingerprint density at radius 3 is 2.55 bits per heavy atom. The van der Waals surface area contributed by atoms with Crippen LogP contribution in [0.1, 0.15) is 35.6 Å². The molecule has 2 nitrogen and oxygen atoms in total. The van der Waals surface area contributed by atoms with E-state index in [1.165, 1.54) is 39.1 Å². The summed E-state index contributed by atoms with van der Waals surface area (Å²) in [6, 6.07) is 27.5. The van der Waals surface area contributed by atoms with Crippen molar-refractivity contribution in [1.29, 1.82) is 0 Å². The summed E-state index contributed by atoms with van der Waals surface area (Å²) in [5.41, 5.74) is 4.85. The van der Waals surface area contributed by atoms with E-state index in [-0.39, 0.29) is 11.7 Å². The summed E-state index contributed by atoms with van der Waals surface area (Å²) >= 11 is 0. The number of aromatic nitrogens is 1. The zero-order chi connectivity index (χ0) is 19.4. The molecule has 1 atom stereocenters. The van der Waals surface area contributed by atoms with Crippen molar-refractivity contribution in [2.45, 2.75) is 25.2 Å². The molecule has 1 aromatic heterocycles. The Balaban J connectivity index is 1.61. The molecule has 6 rings (SSSR count). The van der Waals surface area contributed by atoms with Gasteiger partial charge in [0, 0.05) is 23.1 Å². The Labute approximate surface area is 169 Å². The third-order valence-electron chi connectivity index (χ3n) is 6.40. The average Bonchev–Trinajstić information content (AvgIpc) is 2.77. The predicted octanol–water partition coefficient (Wildman–Crippen LogP) is 6.72.